The summed E-state index contributed by atoms with van der Waals surface area (Å²) in [6.45, 7) is 2.28. The first-order chi connectivity index (χ1) is 8.58. The molecule has 2 rings (SSSR count). The van der Waals surface area contributed by atoms with Gasteiger partial charge < -0.3 is 10.5 Å². The molecule has 0 saturated heterocycles. The number of aryl methyl sites for hydroxylation is 1. The summed E-state index contributed by atoms with van der Waals surface area (Å²) < 4.78 is 5.67. The maximum absolute atomic E-state index is 6.06. The van der Waals surface area contributed by atoms with Crippen LogP contribution in [0.2, 0.25) is 10.0 Å². The molecular weight excluding hydrogens is 269 g/mol. The quantitative estimate of drug-likeness (QED) is 0.843. The van der Waals surface area contributed by atoms with Crippen molar-refractivity contribution in [3.63, 3.8) is 0 Å². The Morgan fingerprint density at radius 1 is 1.17 bits per heavy atom. The van der Waals surface area contributed by atoms with Crippen molar-refractivity contribution < 1.29 is 4.74 Å². The molecule has 0 aliphatic heterocycles. The molecule has 18 heavy (non-hydrogen) atoms. The molecule has 0 heterocycles. The van der Waals surface area contributed by atoms with Gasteiger partial charge in [0.2, 0.25) is 0 Å². The number of hydrogen-bond acceptors (Lipinski definition) is 2. The molecule has 2 N–H and O–H groups in total. The average Bonchev–Trinajstić information content (AvgIpc) is 2.35. The number of rotatable bonds is 3. The standard InChI is InChI=1S/C14H13Cl2NO/c1-9-3-2-4-13(14(9)17)18-8-10-7-11(15)5-6-12(10)16/h2-7H,8,17H2,1H3. The van der Waals surface area contributed by atoms with Crippen LogP contribution in [0.5, 0.6) is 5.75 Å². The molecule has 0 aliphatic carbocycles. The van der Waals surface area contributed by atoms with Crippen LogP contribution >= 0.6 is 23.2 Å². The van der Waals surface area contributed by atoms with E-state index < -0.39 is 0 Å². The van der Waals surface area contributed by atoms with Crippen LogP contribution in [0.1, 0.15) is 11.1 Å². The van der Waals surface area contributed by atoms with E-state index in [-0.39, 0.29) is 0 Å². The smallest absolute Gasteiger partial charge is 0.142 e. The molecule has 2 aromatic rings. The van der Waals surface area contributed by atoms with Crippen molar-refractivity contribution in [1.82, 2.24) is 0 Å². The molecule has 0 fully saturated rings. The maximum Gasteiger partial charge on any atom is 0.142 e. The SMILES string of the molecule is Cc1cccc(OCc2cc(Cl)ccc2Cl)c1N. The molecule has 0 aliphatic rings. The first-order valence-corrected chi connectivity index (χ1v) is 6.25. The molecule has 0 radical (unpaired) electrons. The van der Waals surface area contributed by atoms with Gasteiger partial charge in [0.1, 0.15) is 12.4 Å². The van der Waals surface area contributed by atoms with Crippen LogP contribution in [0.15, 0.2) is 36.4 Å². The maximum atomic E-state index is 6.06. The summed E-state index contributed by atoms with van der Waals surface area (Å²) in [7, 11) is 0. The van der Waals surface area contributed by atoms with E-state index in [0.717, 1.165) is 11.1 Å². The van der Waals surface area contributed by atoms with Gasteiger partial charge in [0, 0.05) is 15.6 Å². The van der Waals surface area contributed by atoms with Gasteiger partial charge in [-0.3, -0.25) is 0 Å². The van der Waals surface area contributed by atoms with Crippen molar-refractivity contribution in [3.05, 3.63) is 57.6 Å². The third-order valence-corrected chi connectivity index (χ3v) is 3.28. The fraction of sp³-hybridized carbons (Fsp3) is 0.143. The highest BCUT2D eigenvalue weighted by Gasteiger charge is 2.06. The van der Waals surface area contributed by atoms with E-state index in [4.69, 9.17) is 33.7 Å². The van der Waals surface area contributed by atoms with Crippen molar-refractivity contribution >= 4 is 28.9 Å². The topological polar surface area (TPSA) is 35.2 Å². The molecule has 0 amide bonds. The number of para-hydroxylation sites is 1. The highest BCUT2D eigenvalue weighted by Crippen LogP contribution is 2.27. The number of anilines is 1. The van der Waals surface area contributed by atoms with Gasteiger partial charge in [0.25, 0.3) is 0 Å². The van der Waals surface area contributed by atoms with Gasteiger partial charge in [0.05, 0.1) is 5.69 Å². The van der Waals surface area contributed by atoms with E-state index in [2.05, 4.69) is 0 Å². The van der Waals surface area contributed by atoms with Crippen LogP contribution in [0.3, 0.4) is 0 Å². The largest absolute Gasteiger partial charge is 0.487 e. The van der Waals surface area contributed by atoms with E-state index in [1.807, 2.05) is 25.1 Å². The molecule has 0 aromatic heterocycles. The third-order valence-electron chi connectivity index (χ3n) is 2.68. The molecule has 0 spiro atoms. The van der Waals surface area contributed by atoms with Gasteiger partial charge in [0.15, 0.2) is 0 Å². The van der Waals surface area contributed by atoms with E-state index in [1.165, 1.54) is 0 Å². The number of halogens is 2. The van der Waals surface area contributed by atoms with Gasteiger partial charge in [-0.25, -0.2) is 0 Å². The minimum absolute atomic E-state index is 0.340. The van der Waals surface area contributed by atoms with Crippen molar-refractivity contribution in [2.75, 3.05) is 5.73 Å². The second-order valence-electron chi connectivity index (χ2n) is 4.01. The predicted octanol–water partition coefficient (Wildman–Crippen LogP) is 4.46. The van der Waals surface area contributed by atoms with Crippen LogP contribution in [0.25, 0.3) is 0 Å². The summed E-state index contributed by atoms with van der Waals surface area (Å²) in [4.78, 5) is 0. The zero-order valence-corrected chi connectivity index (χ0v) is 11.4. The molecule has 0 atom stereocenters. The Kier molecular flexibility index (Phi) is 4.00. The summed E-state index contributed by atoms with van der Waals surface area (Å²) >= 11 is 12.0. The minimum Gasteiger partial charge on any atom is -0.487 e. The van der Waals surface area contributed by atoms with Gasteiger partial charge >= 0.3 is 0 Å². The van der Waals surface area contributed by atoms with E-state index in [9.17, 15) is 0 Å². The van der Waals surface area contributed by atoms with Crippen molar-refractivity contribution in [2.24, 2.45) is 0 Å². The Hall–Kier alpha value is -1.38. The van der Waals surface area contributed by atoms with Crippen LogP contribution in [-0.4, -0.2) is 0 Å². The summed E-state index contributed by atoms with van der Waals surface area (Å²) in [5.41, 5.74) is 8.41. The summed E-state index contributed by atoms with van der Waals surface area (Å²) in [6.07, 6.45) is 0. The first-order valence-electron chi connectivity index (χ1n) is 5.50. The number of nitrogens with two attached hydrogens (primary N) is 1. The van der Waals surface area contributed by atoms with Crippen molar-refractivity contribution in [2.45, 2.75) is 13.5 Å². The second-order valence-corrected chi connectivity index (χ2v) is 4.85. The zero-order chi connectivity index (χ0) is 13.1. The molecule has 4 heteroatoms. The van der Waals surface area contributed by atoms with Crippen LogP contribution in [-0.2, 0) is 6.61 Å². The van der Waals surface area contributed by atoms with Gasteiger partial charge in [-0.2, -0.15) is 0 Å². The number of hydrogen-bond donors (Lipinski definition) is 1. The first kappa shape index (κ1) is 13.1. The Morgan fingerprint density at radius 3 is 2.72 bits per heavy atom. The van der Waals surface area contributed by atoms with Crippen molar-refractivity contribution in [1.29, 1.82) is 0 Å². The van der Waals surface area contributed by atoms with Gasteiger partial charge in [-0.15, -0.1) is 0 Å². The van der Waals surface area contributed by atoms with Crippen LogP contribution in [0, 0.1) is 6.92 Å². The van der Waals surface area contributed by atoms with Crippen LogP contribution in [0.4, 0.5) is 5.69 Å². The van der Waals surface area contributed by atoms with E-state index in [0.29, 0.717) is 28.1 Å². The Balaban J connectivity index is 2.16. The lowest BCUT2D eigenvalue weighted by Gasteiger charge is -2.11. The molecule has 2 nitrogen and oxygen atoms in total. The summed E-state index contributed by atoms with van der Waals surface area (Å²) in [5, 5.41) is 1.26. The normalized spacial score (nSPS) is 10.4. The highest BCUT2D eigenvalue weighted by atomic mass is 35.5. The summed E-state index contributed by atoms with van der Waals surface area (Å²) in [6, 6.07) is 11.0. The molecule has 94 valence electrons. The average molecular weight is 282 g/mol. The molecular formula is C14H13Cl2NO. The lowest BCUT2D eigenvalue weighted by molar-refractivity contribution is 0.308. The molecule has 0 bridgehead atoms. The molecule has 0 saturated carbocycles. The van der Waals surface area contributed by atoms with Gasteiger partial charge in [-0.1, -0.05) is 35.3 Å². The lowest BCUT2D eigenvalue weighted by Crippen LogP contribution is -2.00. The lowest BCUT2D eigenvalue weighted by atomic mass is 10.2. The Bertz CT molecular complexity index is 568. The molecule has 2 aromatic carbocycles. The number of ether oxygens (including phenoxy) is 1. The summed E-state index contributed by atoms with van der Waals surface area (Å²) in [5.74, 6) is 0.658. The fourth-order valence-corrected chi connectivity index (χ4v) is 1.96. The molecule has 0 unspecified atom stereocenters. The third kappa shape index (κ3) is 2.89. The monoisotopic (exact) mass is 281 g/mol. The number of benzene rings is 2. The number of nitrogen functional groups attached to an aromatic ring is 1. The zero-order valence-electron chi connectivity index (χ0n) is 9.91. The predicted molar refractivity (Wildman–Crippen MR) is 76.4 cm³/mol. The Labute approximate surface area is 116 Å². The van der Waals surface area contributed by atoms with Gasteiger partial charge in [-0.05, 0) is 36.8 Å². The van der Waals surface area contributed by atoms with E-state index in [1.54, 1.807) is 18.2 Å². The van der Waals surface area contributed by atoms with Crippen molar-refractivity contribution in [3.8, 4) is 5.75 Å². The Morgan fingerprint density at radius 2 is 1.94 bits per heavy atom. The van der Waals surface area contributed by atoms with Crippen LogP contribution < -0.4 is 10.5 Å². The fourth-order valence-electron chi connectivity index (χ4n) is 1.59. The second kappa shape index (κ2) is 5.51. The highest BCUT2D eigenvalue weighted by molar-refractivity contribution is 6.33. The minimum atomic E-state index is 0.340. The van der Waals surface area contributed by atoms with E-state index >= 15 is 0 Å².